The second-order valence-electron chi connectivity index (χ2n) is 6.30. The van der Waals surface area contributed by atoms with Gasteiger partial charge < -0.3 is 10.6 Å². The van der Waals surface area contributed by atoms with Gasteiger partial charge in [-0.3, -0.25) is 9.69 Å². The summed E-state index contributed by atoms with van der Waals surface area (Å²) in [6.45, 7) is 7.66. The molecule has 1 aliphatic rings. The van der Waals surface area contributed by atoms with Crippen LogP contribution in [0.4, 0.5) is 5.69 Å². The van der Waals surface area contributed by atoms with Gasteiger partial charge in [0.05, 0.1) is 6.54 Å². The van der Waals surface area contributed by atoms with E-state index in [1.54, 1.807) is 0 Å². The molecule has 116 valence electrons. The van der Waals surface area contributed by atoms with Gasteiger partial charge in [0, 0.05) is 30.4 Å². The molecule has 2 rings (SSSR count). The van der Waals surface area contributed by atoms with Gasteiger partial charge in [-0.25, -0.2) is 0 Å². The van der Waals surface area contributed by atoms with Crippen molar-refractivity contribution in [2.75, 3.05) is 18.0 Å². The van der Waals surface area contributed by atoms with Crippen molar-refractivity contribution in [1.29, 1.82) is 0 Å². The lowest BCUT2D eigenvalue weighted by atomic mass is 9.99. The van der Waals surface area contributed by atoms with E-state index in [4.69, 9.17) is 5.73 Å². The summed E-state index contributed by atoms with van der Waals surface area (Å²) in [4.78, 5) is 16.9. The van der Waals surface area contributed by atoms with Gasteiger partial charge in [0.2, 0.25) is 5.91 Å². The third-order valence-electron chi connectivity index (χ3n) is 4.21. The fourth-order valence-corrected chi connectivity index (χ4v) is 3.06. The predicted octanol–water partition coefficient (Wildman–Crippen LogP) is 2.24. The molecule has 0 spiro atoms. The number of hydrogen-bond acceptors (Lipinski definition) is 3. The van der Waals surface area contributed by atoms with E-state index in [0.717, 1.165) is 25.1 Å². The number of carbonyl (C=O) groups is 1. The summed E-state index contributed by atoms with van der Waals surface area (Å²) >= 11 is 0. The Bertz CT molecular complexity index is 460. The first-order valence-corrected chi connectivity index (χ1v) is 7.85. The molecule has 0 radical (unpaired) electrons. The summed E-state index contributed by atoms with van der Waals surface area (Å²) in [7, 11) is 0. The lowest BCUT2D eigenvalue weighted by Gasteiger charge is -2.37. The van der Waals surface area contributed by atoms with E-state index < -0.39 is 0 Å². The summed E-state index contributed by atoms with van der Waals surface area (Å²) in [5, 5.41) is 0. The van der Waals surface area contributed by atoms with Crippen molar-refractivity contribution >= 4 is 11.6 Å². The minimum Gasteiger partial charge on any atom is -0.328 e. The maximum atomic E-state index is 12.7. The first-order valence-electron chi connectivity index (χ1n) is 7.85. The van der Waals surface area contributed by atoms with E-state index >= 15 is 0 Å². The quantitative estimate of drug-likeness (QED) is 0.925. The topological polar surface area (TPSA) is 49.6 Å². The van der Waals surface area contributed by atoms with Crippen molar-refractivity contribution in [1.82, 2.24) is 4.90 Å². The van der Waals surface area contributed by atoms with E-state index in [2.05, 4.69) is 25.7 Å². The molecular formula is C17H27N3O. The van der Waals surface area contributed by atoms with Gasteiger partial charge in [-0.1, -0.05) is 18.2 Å². The van der Waals surface area contributed by atoms with Crippen molar-refractivity contribution in [3.63, 3.8) is 0 Å². The minimum absolute atomic E-state index is 0.155. The molecule has 0 saturated carbocycles. The molecule has 1 saturated heterocycles. The minimum atomic E-state index is 0.155. The zero-order valence-corrected chi connectivity index (χ0v) is 13.3. The molecule has 2 unspecified atom stereocenters. The lowest BCUT2D eigenvalue weighted by molar-refractivity contribution is -0.121. The van der Waals surface area contributed by atoms with Gasteiger partial charge in [-0.05, 0) is 45.7 Å². The first kappa shape index (κ1) is 16.0. The summed E-state index contributed by atoms with van der Waals surface area (Å²) in [5.74, 6) is 0.165. The van der Waals surface area contributed by atoms with E-state index in [1.807, 2.05) is 35.2 Å². The molecule has 1 aliphatic heterocycles. The Labute approximate surface area is 127 Å². The van der Waals surface area contributed by atoms with Gasteiger partial charge in [0.1, 0.15) is 0 Å². The maximum absolute atomic E-state index is 12.7. The van der Waals surface area contributed by atoms with Crippen molar-refractivity contribution < 1.29 is 4.79 Å². The second kappa shape index (κ2) is 7.05. The van der Waals surface area contributed by atoms with E-state index in [-0.39, 0.29) is 18.0 Å². The number of nitrogens with zero attached hydrogens (tertiary/aromatic N) is 2. The van der Waals surface area contributed by atoms with Crippen molar-refractivity contribution in [2.24, 2.45) is 5.73 Å². The molecule has 0 aromatic heterocycles. The smallest absolute Gasteiger partial charge is 0.241 e. The number of hydrogen-bond donors (Lipinski definition) is 1. The number of carbonyl (C=O) groups excluding carboxylic acids is 1. The predicted molar refractivity (Wildman–Crippen MR) is 87.3 cm³/mol. The largest absolute Gasteiger partial charge is 0.328 e. The van der Waals surface area contributed by atoms with Crippen molar-refractivity contribution in [3.05, 3.63) is 30.3 Å². The third kappa shape index (κ3) is 4.05. The Balaban J connectivity index is 2.06. The van der Waals surface area contributed by atoms with Gasteiger partial charge in [0.15, 0.2) is 0 Å². The van der Waals surface area contributed by atoms with Crippen LogP contribution in [0.25, 0.3) is 0 Å². The van der Waals surface area contributed by atoms with E-state index in [9.17, 15) is 4.79 Å². The van der Waals surface area contributed by atoms with Crippen LogP contribution in [0.3, 0.4) is 0 Å². The molecule has 1 aromatic carbocycles. The monoisotopic (exact) mass is 289 g/mol. The van der Waals surface area contributed by atoms with Crippen LogP contribution in [0, 0.1) is 0 Å². The fourth-order valence-electron chi connectivity index (χ4n) is 3.06. The Morgan fingerprint density at radius 3 is 2.62 bits per heavy atom. The molecule has 2 N–H and O–H groups in total. The van der Waals surface area contributed by atoms with Gasteiger partial charge in [0.25, 0.3) is 0 Å². The average Bonchev–Trinajstić information content (AvgIpc) is 2.43. The highest BCUT2D eigenvalue weighted by molar-refractivity contribution is 5.95. The Kier molecular flexibility index (Phi) is 5.37. The fraction of sp³-hybridized carbons (Fsp3) is 0.588. The molecule has 1 fully saturated rings. The molecule has 0 bridgehead atoms. The Morgan fingerprint density at radius 1 is 1.38 bits per heavy atom. The number of likely N-dealkylation sites (tertiary alicyclic amines) is 1. The number of para-hydroxylation sites is 1. The summed E-state index contributed by atoms with van der Waals surface area (Å²) in [6, 6.07) is 10.7. The molecule has 21 heavy (non-hydrogen) atoms. The van der Waals surface area contributed by atoms with Crippen molar-refractivity contribution in [3.8, 4) is 0 Å². The zero-order valence-electron chi connectivity index (χ0n) is 13.3. The van der Waals surface area contributed by atoms with Crippen LogP contribution in [-0.2, 0) is 4.79 Å². The molecule has 1 amide bonds. The molecule has 0 aliphatic carbocycles. The summed E-state index contributed by atoms with van der Waals surface area (Å²) in [5.41, 5.74) is 6.97. The second-order valence-corrected chi connectivity index (χ2v) is 6.30. The highest BCUT2D eigenvalue weighted by atomic mass is 16.2. The number of nitrogens with two attached hydrogens (primary N) is 1. The molecule has 4 heteroatoms. The lowest BCUT2D eigenvalue weighted by Crippen LogP contribution is -2.51. The molecule has 1 aromatic rings. The van der Waals surface area contributed by atoms with Gasteiger partial charge in [-0.2, -0.15) is 0 Å². The van der Waals surface area contributed by atoms with Crippen LogP contribution in [0.5, 0.6) is 0 Å². The van der Waals surface area contributed by atoms with Crippen LogP contribution in [0.15, 0.2) is 30.3 Å². The van der Waals surface area contributed by atoms with Crippen molar-refractivity contribution in [2.45, 2.75) is 51.7 Å². The first-order chi connectivity index (χ1) is 9.99. The molecule has 4 nitrogen and oxygen atoms in total. The normalized spacial score (nSPS) is 23.3. The number of benzene rings is 1. The number of rotatable bonds is 4. The standard InChI is InChI=1S/C17H27N3O/c1-13(2)20(16-7-5-4-6-8-16)17(21)12-19-10-9-15(18)11-14(19)3/h4-8,13-15H,9-12,18H2,1-3H3. The SMILES string of the molecule is CC1CC(N)CCN1CC(=O)N(c1ccccc1)C(C)C. The Hall–Kier alpha value is -1.39. The molecule has 2 atom stereocenters. The number of amides is 1. The molecule has 1 heterocycles. The average molecular weight is 289 g/mol. The van der Waals surface area contributed by atoms with Crippen LogP contribution < -0.4 is 10.6 Å². The van der Waals surface area contributed by atoms with Crippen LogP contribution in [0.2, 0.25) is 0 Å². The summed E-state index contributed by atoms with van der Waals surface area (Å²) in [6.07, 6.45) is 1.95. The van der Waals surface area contributed by atoms with Crippen LogP contribution >= 0.6 is 0 Å². The van der Waals surface area contributed by atoms with E-state index in [0.29, 0.717) is 12.6 Å². The number of piperidine rings is 1. The van der Waals surface area contributed by atoms with Crippen LogP contribution in [-0.4, -0.2) is 42.0 Å². The Morgan fingerprint density at radius 2 is 2.05 bits per heavy atom. The van der Waals surface area contributed by atoms with Crippen LogP contribution in [0.1, 0.15) is 33.6 Å². The number of anilines is 1. The summed E-state index contributed by atoms with van der Waals surface area (Å²) < 4.78 is 0. The maximum Gasteiger partial charge on any atom is 0.241 e. The van der Waals surface area contributed by atoms with Gasteiger partial charge in [-0.15, -0.1) is 0 Å². The highest BCUT2D eigenvalue weighted by Gasteiger charge is 2.27. The third-order valence-corrected chi connectivity index (χ3v) is 4.21. The highest BCUT2D eigenvalue weighted by Crippen LogP contribution is 2.20. The van der Waals surface area contributed by atoms with Gasteiger partial charge >= 0.3 is 0 Å². The molecular weight excluding hydrogens is 262 g/mol. The van der Waals surface area contributed by atoms with E-state index in [1.165, 1.54) is 0 Å². The zero-order chi connectivity index (χ0) is 15.4.